The van der Waals surface area contributed by atoms with Gasteiger partial charge in [-0.2, -0.15) is 11.8 Å². The predicted octanol–water partition coefficient (Wildman–Crippen LogP) is 0.137. The number of hydrogen-bond acceptors (Lipinski definition) is 4. The van der Waals surface area contributed by atoms with Crippen molar-refractivity contribution in [1.82, 2.24) is 10.6 Å². The number of aliphatic carboxylic acids is 1. The largest absolute Gasteiger partial charge is 0.480 e. The molecule has 7 heteroatoms. The van der Waals surface area contributed by atoms with E-state index in [0.29, 0.717) is 6.54 Å². The maximum Gasteiger partial charge on any atom is 0.328 e. The monoisotopic (exact) mass is 250 g/mol. The minimum atomic E-state index is -1.12. The highest BCUT2D eigenvalue weighted by atomic mass is 32.2. The number of amides is 2. The average molecular weight is 250 g/mol. The van der Waals surface area contributed by atoms with Gasteiger partial charge in [0.1, 0.15) is 0 Å². The van der Waals surface area contributed by atoms with Crippen molar-refractivity contribution in [2.75, 3.05) is 26.5 Å². The highest BCUT2D eigenvalue weighted by molar-refractivity contribution is 7.99. The standard InChI is InChI=1S/C9H18N2O4S/c1-6(16-3)4-10-9(14)11-7(5-15-2)8(12)13/h6-7H,4-5H2,1-3H3,(H,12,13)(H2,10,11,14). The van der Waals surface area contributed by atoms with Crippen molar-refractivity contribution in [3.8, 4) is 0 Å². The summed E-state index contributed by atoms with van der Waals surface area (Å²) in [5.74, 6) is -1.12. The number of carbonyl (C=O) groups is 2. The molecule has 6 nitrogen and oxygen atoms in total. The molecule has 0 saturated heterocycles. The van der Waals surface area contributed by atoms with Gasteiger partial charge in [0.05, 0.1) is 6.61 Å². The molecule has 0 radical (unpaired) electrons. The van der Waals surface area contributed by atoms with E-state index >= 15 is 0 Å². The summed E-state index contributed by atoms with van der Waals surface area (Å²) >= 11 is 1.62. The van der Waals surface area contributed by atoms with E-state index in [0.717, 1.165) is 0 Å². The molecular weight excluding hydrogens is 232 g/mol. The van der Waals surface area contributed by atoms with Gasteiger partial charge in [-0.3, -0.25) is 0 Å². The molecule has 16 heavy (non-hydrogen) atoms. The zero-order valence-corrected chi connectivity index (χ0v) is 10.5. The van der Waals surface area contributed by atoms with Crippen LogP contribution in [0.15, 0.2) is 0 Å². The van der Waals surface area contributed by atoms with E-state index in [1.54, 1.807) is 11.8 Å². The number of ether oxygens (including phenoxy) is 1. The molecule has 0 bridgehead atoms. The van der Waals surface area contributed by atoms with Crippen LogP contribution in [0.25, 0.3) is 0 Å². The maximum atomic E-state index is 11.3. The van der Waals surface area contributed by atoms with Crippen LogP contribution in [0.1, 0.15) is 6.92 Å². The molecule has 3 N–H and O–H groups in total. The van der Waals surface area contributed by atoms with Gasteiger partial charge in [-0.1, -0.05) is 6.92 Å². The van der Waals surface area contributed by atoms with Crippen molar-refractivity contribution in [2.24, 2.45) is 0 Å². The van der Waals surface area contributed by atoms with E-state index in [1.165, 1.54) is 7.11 Å². The van der Waals surface area contributed by atoms with Gasteiger partial charge in [0, 0.05) is 18.9 Å². The second kappa shape index (κ2) is 8.23. The lowest BCUT2D eigenvalue weighted by Gasteiger charge is -2.15. The van der Waals surface area contributed by atoms with Gasteiger partial charge in [0.25, 0.3) is 0 Å². The van der Waals surface area contributed by atoms with Crippen LogP contribution in [0.2, 0.25) is 0 Å². The summed E-state index contributed by atoms with van der Waals surface area (Å²) in [5, 5.41) is 13.9. The van der Waals surface area contributed by atoms with E-state index in [9.17, 15) is 9.59 Å². The molecule has 2 amide bonds. The molecule has 0 rings (SSSR count). The van der Waals surface area contributed by atoms with Crippen LogP contribution in [0, 0.1) is 0 Å². The number of thioether (sulfide) groups is 1. The number of hydrogen-bond donors (Lipinski definition) is 3. The molecule has 0 aliphatic rings. The summed E-state index contributed by atoms with van der Waals surface area (Å²) in [6, 6.07) is -1.51. The molecule has 0 aromatic rings. The molecule has 0 saturated carbocycles. The van der Waals surface area contributed by atoms with Crippen molar-refractivity contribution in [3.63, 3.8) is 0 Å². The average Bonchev–Trinajstić information content (AvgIpc) is 2.25. The zero-order valence-electron chi connectivity index (χ0n) is 9.65. The lowest BCUT2D eigenvalue weighted by molar-refractivity contribution is -0.140. The fourth-order valence-corrected chi connectivity index (χ4v) is 1.12. The van der Waals surface area contributed by atoms with E-state index in [-0.39, 0.29) is 11.9 Å². The van der Waals surface area contributed by atoms with Crippen LogP contribution < -0.4 is 10.6 Å². The zero-order chi connectivity index (χ0) is 12.6. The quantitative estimate of drug-likeness (QED) is 0.598. The van der Waals surface area contributed by atoms with Crippen LogP contribution in [0.3, 0.4) is 0 Å². The van der Waals surface area contributed by atoms with Gasteiger partial charge in [-0.15, -0.1) is 0 Å². The molecular formula is C9H18N2O4S. The second-order valence-corrected chi connectivity index (χ2v) is 4.52. The van der Waals surface area contributed by atoms with Crippen molar-refractivity contribution in [2.45, 2.75) is 18.2 Å². The first-order valence-corrected chi connectivity index (χ1v) is 6.09. The highest BCUT2D eigenvalue weighted by Crippen LogP contribution is 2.02. The van der Waals surface area contributed by atoms with Crippen LogP contribution in [-0.2, 0) is 9.53 Å². The van der Waals surface area contributed by atoms with Gasteiger partial charge in [0.15, 0.2) is 6.04 Å². The van der Waals surface area contributed by atoms with E-state index < -0.39 is 18.0 Å². The van der Waals surface area contributed by atoms with Crippen molar-refractivity contribution < 1.29 is 19.4 Å². The summed E-state index contributed by atoms with van der Waals surface area (Å²) in [6.45, 7) is 2.40. The lowest BCUT2D eigenvalue weighted by Crippen LogP contribution is -2.49. The first kappa shape index (κ1) is 15.0. The summed E-state index contributed by atoms with van der Waals surface area (Å²) in [6.07, 6.45) is 1.94. The second-order valence-electron chi connectivity index (χ2n) is 3.25. The van der Waals surface area contributed by atoms with Gasteiger partial charge < -0.3 is 20.5 Å². The summed E-state index contributed by atoms with van der Waals surface area (Å²) < 4.78 is 4.69. The normalized spacial score (nSPS) is 13.9. The van der Waals surface area contributed by atoms with Crippen LogP contribution in [-0.4, -0.2) is 54.9 Å². The predicted molar refractivity (Wildman–Crippen MR) is 62.8 cm³/mol. The number of urea groups is 1. The SMILES string of the molecule is COCC(NC(=O)NCC(C)SC)C(=O)O. The Bertz CT molecular complexity index is 238. The summed E-state index contributed by atoms with van der Waals surface area (Å²) in [4.78, 5) is 22.0. The number of nitrogens with one attached hydrogen (secondary N) is 2. The Balaban J connectivity index is 3.95. The van der Waals surface area contributed by atoms with Crippen molar-refractivity contribution >= 4 is 23.8 Å². The van der Waals surface area contributed by atoms with E-state index in [1.807, 2.05) is 13.2 Å². The number of carbonyl (C=O) groups excluding carboxylic acids is 1. The maximum absolute atomic E-state index is 11.3. The molecule has 0 fully saturated rings. The Labute approximate surface area is 99.1 Å². The molecule has 0 spiro atoms. The fourth-order valence-electron chi connectivity index (χ4n) is 0.870. The fraction of sp³-hybridized carbons (Fsp3) is 0.778. The third kappa shape index (κ3) is 6.52. The van der Waals surface area contributed by atoms with Crippen molar-refractivity contribution in [3.05, 3.63) is 0 Å². The molecule has 2 unspecified atom stereocenters. The smallest absolute Gasteiger partial charge is 0.328 e. The topological polar surface area (TPSA) is 87.7 Å². The Hall–Kier alpha value is -0.950. The van der Waals surface area contributed by atoms with Crippen LogP contribution >= 0.6 is 11.8 Å². The van der Waals surface area contributed by atoms with E-state index in [4.69, 9.17) is 5.11 Å². The molecule has 94 valence electrons. The third-order valence-corrected chi connectivity index (χ3v) is 2.86. The van der Waals surface area contributed by atoms with Gasteiger partial charge in [-0.25, -0.2) is 9.59 Å². The van der Waals surface area contributed by atoms with Gasteiger partial charge in [0.2, 0.25) is 0 Å². The molecule has 0 aliphatic heterocycles. The van der Waals surface area contributed by atoms with Gasteiger partial charge in [-0.05, 0) is 6.26 Å². The first-order valence-electron chi connectivity index (χ1n) is 4.80. The van der Waals surface area contributed by atoms with Crippen LogP contribution in [0.5, 0.6) is 0 Å². The Morgan fingerprint density at radius 3 is 2.56 bits per heavy atom. The Morgan fingerprint density at radius 1 is 1.50 bits per heavy atom. The minimum Gasteiger partial charge on any atom is -0.480 e. The molecule has 0 aromatic heterocycles. The molecule has 0 heterocycles. The number of methoxy groups -OCH3 is 1. The molecule has 0 aliphatic carbocycles. The molecule has 2 atom stereocenters. The summed E-state index contributed by atoms with van der Waals surface area (Å²) in [7, 11) is 1.38. The van der Waals surface area contributed by atoms with Crippen molar-refractivity contribution in [1.29, 1.82) is 0 Å². The number of carboxylic acid groups (broad SMARTS) is 1. The third-order valence-electron chi connectivity index (χ3n) is 1.89. The lowest BCUT2D eigenvalue weighted by atomic mass is 10.3. The van der Waals surface area contributed by atoms with Gasteiger partial charge >= 0.3 is 12.0 Å². The summed E-state index contributed by atoms with van der Waals surface area (Å²) in [5.41, 5.74) is 0. The number of rotatable bonds is 7. The van der Waals surface area contributed by atoms with Crippen LogP contribution in [0.4, 0.5) is 4.79 Å². The minimum absolute atomic E-state index is 0.0547. The van der Waals surface area contributed by atoms with E-state index in [2.05, 4.69) is 15.4 Å². The Morgan fingerprint density at radius 2 is 2.12 bits per heavy atom. The highest BCUT2D eigenvalue weighted by Gasteiger charge is 2.19. The Kier molecular flexibility index (Phi) is 7.74. The first-order chi connectivity index (χ1) is 7.51. The molecule has 0 aromatic carbocycles. The number of carboxylic acids is 1.